The number of carbonyl (C=O) groups is 1. The Morgan fingerprint density at radius 1 is 1.17 bits per heavy atom. The molecule has 0 atom stereocenters. The van der Waals surface area contributed by atoms with Crippen LogP contribution in [0.1, 0.15) is 24.3 Å². The summed E-state index contributed by atoms with van der Waals surface area (Å²) < 4.78 is 5.45. The first kappa shape index (κ1) is 20.8. The Kier molecular flexibility index (Phi) is 6.37. The highest BCUT2D eigenvalue weighted by Crippen LogP contribution is 2.27. The molecule has 2 heterocycles. The van der Waals surface area contributed by atoms with E-state index in [2.05, 4.69) is 20.4 Å². The van der Waals surface area contributed by atoms with Crippen LogP contribution in [0.3, 0.4) is 0 Å². The van der Waals surface area contributed by atoms with Gasteiger partial charge in [0.1, 0.15) is 0 Å². The molecule has 0 radical (unpaired) electrons. The van der Waals surface area contributed by atoms with Crippen molar-refractivity contribution in [2.45, 2.75) is 26.3 Å². The number of rotatable bonds is 5. The molecule has 30 heavy (non-hydrogen) atoms. The minimum Gasteiger partial charge on any atom is -0.338 e. The van der Waals surface area contributed by atoms with Crippen LogP contribution in [0.4, 0.5) is 5.69 Å². The Hall–Kier alpha value is -2.41. The third kappa shape index (κ3) is 4.83. The molecule has 1 aliphatic rings. The van der Waals surface area contributed by atoms with Crippen molar-refractivity contribution in [3.8, 4) is 11.4 Å². The standard InChI is InChI=1S/C22H22Cl2N4O2/c1-14-4-2-3-5-17(14)21-26-20(30-27-21)13-28-10-8-15(9-11-28)22(29)25-16-6-7-18(23)19(24)12-16/h2-7,12,15H,8-11,13H2,1H3,(H,25,29). The van der Waals surface area contributed by atoms with Crippen LogP contribution in [-0.4, -0.2) is 34.0 Å². The van der Waals surface area contributed by atoms with Gasteiger partial charge < -0.3 is 9.84 Å². The monoisotopic (exact) mass is 444 g/mol. The summed E-state index contributed by atoms with van der Waals surface area (Å²) in [4.78, 5) is 19.3. The summed E-state index contributed by atoms with van der Waals surface area (Å²) in [6.45, 7) is 4.20. The fourth-order valence-electron chi connectivity index (χ4n) is 3.62. The zero-order chi connectivity index (χ0) is 21.1. The summed E-state index contributed by atoms with van der Waals surface area (Å²) in [5, 5.41) is 7.94. The van der Waals surface area contributed by atoms with Crippen molar-refractivity contribution >= 4 is 34.8 Å². The van der Waals surface area contributed by atoms with E-state index in [1.54, 1.807) is 18.2 Å². The SMILES string of the molecule is Cc1ccccc1-c1noc(CN2CCC(C(=O)Nc3ccc(Cl)c(Cl)c3)CC2)n1. The second-order valence-electron chi connectivity index (χ2n) is 7.50. The molecule has 1 aliphatic heterocycles. The fourth-order valence-corrected chi connectivity index (χ4v) is 3.91. The van der Waals surface area contributed by atoms with Gasteiger partial charge in [0.05, 0.1) is 16.6 Å². The molecule has 0 bridgehead atoms. The van der Waals surface area contributed by atoms with Crippen LogP contribution in [0.25, 0.3) is 11.4 Å². The Balaban J connectivity index is 1.30. The van der Waals surface area contributed by atoms with E-state index >= 15 is 0 Å². The molecule has 0 saturated carbocycles. The largest absolute Gasteiger partial charge is 0.338 e. The molecule has 0 unspecified atom stereocenters. The average molecular weight is 445 g/mol. The zero-order valence-corrected chi connectivity index (χ0v) is 18.1. The van der Waals surface area contributed by atoms with Crippen molar-refractivity contribution < 1.29 is 9.32 Å². The van der Waals surface area contributed by atoms with E-state index < -0.39 is 0 Å². The van der Waals surface area contributed by atoms with Crippen LogP contribution in [0.5, 0.6) is 0 Å². The van der Waals surface area contributed by atoms with E-state index in [0.29, 0.717) is 34.0 Å². The van der Waals surface area contributed by atoms with Crippen LogP contribution in [0, 0.1) is 12.8 Å². The highest BCUT2D eigenvalue weighted by molar-refractivity contribution is 6.42. The lowest BCUT2D eigenvalue weighted by molar-refractivity contribution is -0.121. The first-order valence-corrected chi connectivity index (χ1v) is 10.6. The molecule has 156 valence electrons. The fraction of sp³-hybridized carbons (Fsp3) is 0.318. The van der Waals surface area contributed by atoms with Gasteiger partial charge in [0.2, 0.25) is 17.6 Å². The third-order valence-corrected chi connectivity index (χ3v) is 6.10. The highest BCUT2D eigenvalue weighted by Gasteiger charge is 2.26. The summed E-state index contributed by atoms with van der Waals surface area (Å²) in [6.07, 6.45) is 1.54. The van der Waals surface area contributed by atoms with Gasteiger partial charge in [0.25, 0.3) is 0 Å². The maximum atomic E-state index is 12.6. The predicted molar refractivity (Wildman–Crippen MR) is 118 cm³/mol. The Morgan fingerprint density at radius 3 is 2.67 bits per heavy atom. The minimum absolute atomic E-state index is 0.00710. The molecule has 1 amide bonds. The number of aromatic nitrogens is 2. The third-order valence-electron chi connectivity index (χ3n) is 5.36. The first-order chi connectivity index (χ1) is 14.5. The van der Waals surface area contributed by atoms with Gasteiger partial charge in [-0.15, -0.1) is 0 Å². The number of carbonyl (C=O) groups excluding carboxylic acids is 1. The van der Waals surface area contributed by atoms with Crippen molar-refractivity contribution in [3.63, 3.8) is 0 Å². The lowest BCUT2D eigenvalue weighted by Crippen LogP contribution is -2.37. The minimum atomic E-state index is -0.0408. The molecular weight excluding hydrogens is 423 g/mol. The number of hydrogen-bond acceptors (Lipinski definition) is 5. The topological polar surface area (TPSA) is 71.3 Å². The molecular formula is C22H22Cl2N4O2. The van der Waals surface area contributed by atoms with Gasteiger partial charge in [0, 0.05) is 17.2 Å². The molecule has 4 rings (SSSR count). The van der Waals surface area contributed by atoms with E-state index in [-0.39, 0.29) is 11.8 Å². The number of halogens is 2. The summed E-state index contributed by atoms with van der Waals surface area (Å²) in [6, 6.07) is 13.1. The van der Waals surface area contributed by atoms with Crippen molar-refractivity contribution in [2.24, 2.45) is 5.92 Å². The van der Waals surface area contributed by atoms with Gasteiger partial charge in [-0.3, -0.25) is 9.69 Å². The molecule has 1 saturated heterocycles. The quantitative estimate of drug-likeness (QED) is 0.585. The van der Waals surface area contributed by atoms with Gasteiger partial charge in [-0.25, -0.2) is 0 Å². The summed E-state index contributed by atoms with van der Waals surface area (Å²) in [7, 11) is 0. The zero-order valence-electron chi connectivity index (χ0n) is 16.6. The number of nitrogens with zero attached hydrogens (tertiary/aromatic N) is 3. The summed E-state index contributed by atoms with van der Waals surface area (Å²) in [5.41, 5.74) is 2.75. The van der Waals surface area contributed by atoms with Crippen LogP contribution < -0.4 is 5.32 Å². The van der Waals surface area contributed by atoms with Crippen molar-refractivity contribution in [1.29, 1.82) is 0 Å². The Bertz CT molecular complexity index is 1050. The summed E-state index contributed by atoms with van der Waals surface area (Å²) in [5.74, 6) is 1.17. The number of likely N-dealkylation sites (tertiary alicyclic amines) is 1. The highest BCUT2D eigenvalue weighted by atomic mass is 35.5. The lowest BCUT2D eigenvalue weighted by atomic mass is 9.96. The molecule has 0 aliphatic carbocycles. The van der Waals surface area contributed by atoms with Crippen LogP contribution in [0.15, 0.2) is 47.0 Å². The van der Waals surface area contributed by atoms with E-state index in [1.165, 1.54) is 0 Å². The predicted octanol–water partition coefficient (Wildman–Crippen LogP) is 5.20. The summed E-state index contributed by atoms with van der Waals surface area (Å²) >= 11 is 11.9. The van der Waals surface area contributed by atoms with Crippen molar-refractivity contribution in [3.05, 3.63) is 64.0 Å². The Labute approximate surface area is 185 Å². The van der Waals surface area contributed by atoms with Crippen LogP contribution >= 0.6 is 23.2 Å². The van der Waals surface area contributed by atoms with Crippen molar-refractivity contribution in [2.75, 3.05) is 18.4 Å². The average Bonchev–Trinajstić information content (AvgIpc) is 3.20. The maximum absolute atomic E-state index is 12.6. The van der Waals surface area contributed by atoms with Gasteiger partial charge in [0.15, 0.2) is 0 Å². The van der Waals surface area contributed by atoms with Gasteiger partial charge in [-0.2, -0.15) is 4.98 Å². The second kappa shape index (κ2) is 9.16. The van der Waals surface area contributed by atoms with Gasteiger partial charge >= 0.3 is 0 Å². The van der Waals surface area contributed by atoms with Gasteiger partial charge in [-0.05, 0) is 56.6 Å². The van der Waals surface area contributed by atoms with Gasteiger partial charge in [-0.1, -0.05) is 52.6 Å². The number of amides is 1. The smallest absolute Gasteiger partial charge is 0.241 e. The lowest BCUT2D eigenvalue weighted by Gasteiger charge is -2.30. The number of hydrogen-bond donors (Lipinski definition) is 1. The van der Waals surface area contributed by atoms with E-state index in [9.17, 15) is 4.79 Å². The number of nitrogens with one attached hydrogen (secondary N) is 1. The van der Waals surface area contributed by atoms with Crippen LogP contribution in [0.2, 0.25) is 10.0 Å². The molecule has 2 aromatic carbocycles. The maximum Gasteiger partial charge on any atom is 0.241 e. The molecule has 1 aromatic heterocycles. The van der Waals surface area contributed by atoms with Crippen molar-refractivity contribution in [1.82, 2.24) is 15.0 Å². The molecule has 0 spiro atoms. The number of benzene rings is 2. The normalized spacial score (nSPS) is 15.3. The van der Waals surface area contributed by atoms with E-state index in [0.717, 1.165) is 37.1 Å². The molecule has 1 fully saturated rings. The first-order valence-electron chi connectivity index (χ1n) is 9.86. The van der Waals surface area contributed by atoms with Crippen LogP contribution in [-0.2, 0) is 11.3 Å². The molecule has 6 nitrogen and oxygen atoms in total. The number of piperidine rings is 1. The molecule has 3 aromatic rings. The number of anilines is 1. The molecule has 1 N–H and O–H groups in total. The van der Waals surface area contributed by atoms with E-state index in [1.807, 2.05) is 31.2 Å². The number of aryl methyl sites for hydroxylation is 1. The second-order valence-corrected chi connectivity index (χ2v) is 8.31. The van der Waals surface area contributed by atoms with E-state index in [4.69, 9.17) is 27.7 Å². The molecule has 8 heteroatoms. The Morgan fingerprint density at radius 2 is 1.93 bits per heavy atom.